The number of aryl methyl sites for hydroxylation is 1. The number of hydrogen-bond acceptors (Lipinski definition) is 7. The predicted octanol–water partition coefficient (Wildman–Crippen LogP) is 2.80. The van der Waals surface area contributed by atoms with Crippen LogP contribution in [0.15, 0.2) is 35.8 Å². The molecule has 3 aromatic heterocycles. The molecule has 5 heterocycles. The van der Waals surface area contributed by atoms with Crippen LogP contribution in [0.25, 0.3) is 32.3 Å². The molecule has 6 rings (SSSR count). The van der Waals surface area contributed by atoms with Crippen LogP contribution in [-0.2, 0) is 9.59 Å². The summed E-state index contributed by atoms with van der Waals surface area (Å²) in [4.78, 5) is 44.4. The van der Waals surface area contributed by atoms with Crippen molar-refractivity contribution in [2.75, 3.05) is 38.1 Å². The first-order valence-corrected chi connectivity index (χ1v) is 11.7. The summed E-state index contributed by atoms with van der Waals surface area (Å²) in [7, 11) is 2.10. The minimum Gasteiger partial charge on any atom is -0.352 e. The van der Waals surface area contributed by atoms with Gasteiger partial charge < -0.3 is 14.8 Å². The number of H-pyrrole nitrogens is 1. The number of amides is 2. The van der Waals surface area contributed by atoms with Gasteiger partial charge in [0.05, 0.1) is 22.4 Å². The van der Waals surface area contributed by atoms with Crippen molar-refractivity contribution in [2.24, 2.45) is 0 Å². The first-order valence-electron chi connectivity index (χ1n) is 10.9. The Morgan fingerprint density at radius 1 is 0.970 bits per heavy atom. The number of carbonyl (C=O) groups excluding carboxylic acids is 2. The van der Waals surface area contributed by atoms with Gasteiger partial charge in [0.1, 0.15) is 4.83 Å². The van der Waals surface area contributed by atoms with Gasteiger partial charge in [0, 0.05) is 48.7 Å². The lowest BCUT2D eigenvalue weighted by Crippen LogP contribution is -2.45. The highest BCUT2D eigenvalue weighted by atomic mass is 32.1. The molecule has 2 N–H and O–H groups in total. The highest BCUT2D eigenvalue weighted by Gasteiger charge is 2.36. The summed E-state index contributed by atoms with van der Waals surface area (Å²) in [5, 5.41) is 6.14. The number of anilines is 1. The van der Waals surface area contributed by atoms with E-state index in [1.165, 1.54) is 0 Å². The van der Waals surface area contributed by atoms with Gasteiger partial charge in [-0.3, -0.25) is 14.9 Å². The minimum atomic E-state index is -0.426. The number of imide groups is 1. The molecule has 33 heavy (non-hydrogen) atoms. The van der Waals surface area contributed by atoms with Crippen LogP contribution < -0.4 is 10.2 Å². The number of rotatable bonds is 3. The van der Waals surface area contributed by atoms with E-state index in [1.54, 1.807) is 17.5 Å². The number of fused-ring (bicyclic) bond motifs is 2. The molecule has 0 spiro atoms. The third-order valence-electron chi connectivity index (χ3n) is 6.37. The van der Waals surface area contributed by atoms with Crippen LogP contribution in [0.4, 0.5) is 5.95 Å². The summed E-state index contributed by atoms with van der Waals surface area (Å²) in [6.45, 7) is 5.45. The van der Waals surface area contributed by atoms with E-state index in [9.17, 15) is 9.59 Å². The van der Waals surface area contributed by atoms with Crippen molar-refractivity contribution in [1.82, 2.24) is 25.2 Å². The highest BCUT2D eigenvalue weighted by molar-refractivity contribution is 7.16. The molecule has 0 atom stereocenters. The Morgan fingerprint density at radius 2 is 1.76 bits per heavy atom. The van der Waals surface area contributed by atoms with Gasteiger partial charge in [0.15, 0.2) is 0 Å². The number of benzene rings is 1. The molecule has 1 fully saturated rings. The molecule has 9 heteroatoms. The molecule has 0 unspecified atom stereocenters. The number of piperazine rings is 1. The summed E-state index contributed by atoms with van der Waals surface area (Å²) in [5.41, 5.74) is 3.71. The molecule has 0 saturated carbocycles. The second-order valence-electron chi connectivity index (χ2n) is 8.58. The summed E-state index contributed by atoms with van der Waals surface area (Å²) in [6, 6.07) is 7.88. The van der Waals surface area contributed by atoms with Crippen molar-refractivity contribution in [3.8, 4) is 0 Å². The van der Waals surface area contributed by atoms with E-state index in [0.717, 1.165) is 52.9 Å². The van der Waals surface area contributed by atoms with E-state index < -0.39 is 11.8 Å². The van der Waals surface area contributed by atoms with Crippen molar-refractivity contribution in [3.05, 3.63) is 52.7 Å². The maximum absolute atomic E-state index is 13.1. The Kier molecular flexibility index (Phi) is 4.56. The van der Waals surface area contributed by atoms with Crippen molar-refractivity contribution < 1.29 is 9.59 Å². The Morgan fingerprint density at radius 3 is 2.58 bits per heavy atom. The minimum absolute atomic E-state index is 0.304. The first-order chi connectivity index (χ1) is 16.0. The van der Waals surface area contributed by atoms with Crippen molar-refractivity contribution in [2.45, 2.75) is 6.92 Å². The van der Waals surface area contributed by atoms with Gasteiger partial charge in [0.2, 0.25) is 5.95 Å². The van der Waals surface area contributed by atoms with Crippen molar-refractivity contribution in [3.63, 3.8) is 0 Å². The quantitative estimate of drug-likeness (QED) is 0.459. The second-order valence-corrected chi connectivity index (χ2v) is 9.50. The molecular formula is C24H22N6O2S. The van der Waals surface area contributed by atoms with Gasteiger partial charge in [0.25, 0.3) is 11.8 Å². The summed E-state index contributed by atoms with van der Waals surface area (Å²) < 4.78 is 0. The van der Waals surface area contributed by atoms with Gasteiger partial charge in [-0.25, -0.2) is 9.97 Å². The Hall–Kier alpha value is -3.56. The molecule has 2 amide bonds. The summed E-state index contributed by atoms with van der Waals surface area (Å²) in [5.74, 6) is -0.239. The second kappa shape index (κ2) is 7.50. The predicted molar refractivity (Wildman–Crippen MR) is 130 cm³/mol. The van der Waals surface area contributed by atoms with E-state index in [4.69, 9.17) is 9.97 Å². The van der Waals surface area contributed by atoms with E-state index in [2.05, 4.69) is 27.1 Å². The maximum atomic E-state index is 13.1. The topological polar surface area (TPSA) is 94.2 Å². The molecule has 1 aromatic carbocycles. The molecule has 1 saturated heterocycles. The van der Waals surface area contributed by atoms with Crippen LogP contribution in [-0.4, -0.2) is 64.9 Å². The van der Waals surface area contributed by atoms with Crippen molar-refractivity contribution in [1.29, 1.82) is 0 Å². The van der Waals surface area contributed by atoms with Gasteiger partial charge in [-0.1, -0.05) is 12.1 Å². The first kappa shape index (κ1) is 20.1. The number of carbonyl (C=O) groups is 2. The van der Waals surface area contributed by atoms with Crippen molar-refractivity contribution >= 4 is 61.4 Å². The number of thiophene rings is 1. The van der Waals surface area contributed by atoms with Crippen LogP contribution in [0.3, 0.4) is 0 Å². The normalized spacial score (nSPS) is 17.6. The maximum Gasteiger partial charge on any atom is 0.261 e. The number of hydrogen-bond donors (Lipinski definition) is 2. The number of nitrogens with one attached hydrogen (secondary N) is 2. The van der Waals surface area contributed by atoms with E-state index in [1.807, 2.05) is 36.6 Å². The van der Waals surface area contributed by atoms with Crippen LogP contribution in [0.2, 0.25) is 0 Å². The number of nitrogens with zero attached hydrogens (tertiary/aromatic N) is 4. The standard InChI is InChI=1S/C24H22N6O2S/c1-13-3-4-15-17(11-13)26-24(30-8-6-29(2)7-9-30)27-20(15)19-18(21(31)28-22(19)32)16-12-25-23-14(16)5-10-33-23/h3-5,10-12,25H,6-9H2,1-2H3,(H,28,31,32). The zero-order chi connectivity index (χ0) is 22.7. The highest BCUT2D eigenvalue weighted by Crippen LogP contribution is 2.38. The third-order valence-corrected chi connectivity index (χ3v) is 7.21. The van der Waals surface area contributed by atoms with E-state index >= 15 is 0 Å². The number of aromatic nitrogens is 3. The lowest BCUT2D eigenvalue weighted by molar-refractivity contribution is -0.122. The van der Waals surface area contributed by atoms with Crippen LogP contribution in [0, 0.1) is 6.92 Å². The van der Waals surface area contributed by atoms with Gasteiger partial charge in [-0.15, -0.1) is 11.3 Å². The lowest BCUT2D eigenvalue weighted by Gasteiger charge is -2.32. The van der Waals surface area contributed by atoms with Gasteiger partial charge in [-0.2, -0.15) is 0 Å². The monoisotopic (exact) mass is 458 g/mol. The molecule has 166 valence electrons. The molecule has 2 aliphatic rings. The molecule has 0 aliphatic carbocycles. The fourth-order valence-corrected chi connectivity index (χ4v) is 5.33. The van der Waals surface area contributed by atoms with E-state index in [0.29, 0.717) is 28.4 Å². The fraction of sp³-hybridized carbons (Fsp3) is 0.250. The molecule has 8 nitrogen and oxygen atoms in total. The Labute approximate surface area is 193 Å². The molecule has 0 bridgehead atoms. The Balaban J connectivity index is 1.61. The molecule has 4 aromatic rings. The van der Waals surface area contributed by atoms with Gasteiger partial charge in [-0.05, 0) is 37.0 Å². The van der Waals surface area contributed by atoms with E-state index in [-0.39, 0.29) is 0 Å². The SMILES string of the molecule is Cc1ccc2c(C3=C(c4c[nH]c5sccc45)C(=O)NC3=O)nc(N3CCN(C)CC3)nc2c1. The largest absolute Gasteiger partial charge is 0.352 e. The molecule has 0 radical (unpaired) electrons. The smallest absolute Gasteiger partial charge is 0.261 e. The summed E-state index contributed by atoms with van der Waals surface area (Å²) in [6.07, 6.45) is 1.80. The zero-order valence-electron chi connectivity index (χ0n) is 18.3. The van der Waals surface area contributed by atoms with Crippen LogP contribution >= 0.6 is 11.3 Å². The summed E-state index contributed by atoms with van der Waals surface area (Å²) >= 11 is 1.56. The van der Waals surface area contributed by atoms with Gasteiger partial charge >= 0.3 is 0 Å². The molecule has 2 aliphatic heterocycles. The molecular weight excluding hydrogens is 436 g/mol. The van der Waals surface area contributed by atoms with Crippen LogP contribution in [0.1, 0.15) is 16.8 Å². The third kappa shape index (κ3) is 3.23. The average molecular weight is 459 g/mol. The van der Waals surface area contributed by atoms with Crippen LogP contribution in [0.5, 0.6) is 0 Å². The number of aromatic amines is 1. The Bertz CT molecular complexity index is 1470. The zero-order valence-corrected chi connectivity index (χ0v) is 19.1. The number of likely N-dealkylation sites (N-methyl/N-ethyl adjacent to an activating group) is 1. The lowest BCUT2D eigenvalue weighted by atomic mass is 9.97. The average Bonchev–Trinajstić information content (AvgIpc) is 3.48. The fourth-order valence-electron chi connectivity index (χ4n) is 4.56.